The second kappa shape index (κ2) is 9.69. The van der Waals surface area contributed by atoms with Crippen molar-refractivity contribution in [1.82, 2.24) is 0 Å². The Morgan fingerprint density at radius 3 is 2.38 bits per heavy atom. The molecule has 0 spiro atoms. The summed E-state index contributed by atoms with van der Waals surface area (Å²) in [6.45, 7) is 7.14. The second-order valence-corrected chi connectivity index (χ2v) is 7.71. The van der Waals surface area contributed by atoms with Gasteiger partial charge >= 0.3 is 0 Å². The Kier molecular flexibility index (Phi) is 6.99. The monoisotopic (exact) mass is 499 g/mol. The quantitative estimate of drug-likeness (QED) is 0.356. The normalized spacial score (nSPS) is 10.4. The van der Waals surface area contributed by atoms with Crippen LogP contribution in [0.1, 0.15) is 32.0 Å². The van der Waals surface area contributed by atoms with E-state index in [4.69, 9.17) is 13.9 Å². The number of aryl methyl sites for hydroxylation is 2. The summed E-state index contributed by atoms with van der Waals surface area (Å²) in [6, 6.07) is 11.4. The molecule has 2 aromatic carbocycles. The zero-order valence-electron chi connectivity index (χ0n) is 18.1. The van der Waals surface area contributed by atoms with Crippen LogP contribution in [0.2, 0.25) is 0 Å². The number of ether oxygens (including phenoxy) is 2. The third-order valence-corrected chi connectivity index (χ3v) is 5.29. The molecular weight excluding hydrogens is 478 g/mol. The first kappa shape index (κ1) is 23.1. The van der Waals surface area contributed by atoms with Crippen molar-refractivity contribution in [2.45, 2.75) is 13.8 Å². The summed E-state index contributed by atoms with van der Waals surface area (Å²) in [5.41, 5.74) is 1.71. The number of rotatable bonds is 7. The van der Waals surface area contributed by atoms with Crippen molar-refractivity contribution in [1.29, 1.82) is 0 Å². The Morgan fingerprint density at radius 2 is 1.78 bits per heavy atom. The van der Waals surface area contributed by atoms with E-state index in [0.29, 0.717) is 33.0 Å². The van der Waals surface area contributed by atoms with Crippen molar-refractivity contribution in [2.75, 3.05) is 24.5 Å². The highest BCUT2D eigenvalue weighted by Crippen LogP contribution is 2.30. The third-order valence-electron chi connectivity index (χ3n) is 4.80. The van der Waals surface area contributed by atoms with Crippen LogP contribution in [0.5, 0.6) is 11.5 Å². The predicted molar refractivity (Wildman–Crippen MR) is 126 cm³/mol. The molecule has 0 atom stereocenters. The lowest BCUT2D eigenvalue weighted by molar-refractivity contribution is 0.0984. The number of nitrogens with zero attached hydrogens (tertiary/aromatic N) is 2. The number of anilines is 2. The summed E-state index contributed by atoms with van der Waals surface area (Å²) in [6.07, 6.45) is 0. The fourth-order valence-corrected chi connectivity index (χ4v) is 3.34. The Morgan fingerprint density at radius 1 is 1.06 bits per heavy atom. The minimum atomic E-state index is -0.516. The molecular formula is C23H22BrN3O5. The topological polar surface area (TPSA) is 93.4 Å². The van der Waals surface area contributed by atoms with Crippen LogP contribution in [0.4, 0.5) is 11.6 Å². The summed E-state index contributed by atoms with van der Waals surface area (Å²) in [4.78, 5) is 26.2. The van der Waals surface area contributed by atoms with Crippen molar-refractivity contribution in [3.8, 4) is 11.5 Å². The largest absolute Gasteiger partial charge is 0.493 e. The average Bonchev–Trinajstić information content (AvgIpc) is 3.12. The lowest BCUT2D eigenvalue weighted by atomic mass is 10.1. The van der Waals surface area contributed by atoms with E-state index in [-0.39, 0.29) is 11.4 Å². The SMILES string of the molecule is C=NN(C(=O)c1cc(Br)ccc1NC(=O)c1ccc(OC)c(OC)c1)c1cc(C)c(C)o1. The van der Waals surface area contributed by atoms with Crippen LogP contribution in [-0.4, -0.2) is 32.8 Å². The smallest absolute Gasteiger partial charge is 0.283 e. The van der Waals surface area contributed by atoms with Crippen LogP contribution >= 0.6 is 15.9 Å². The number of carbonyl (C=O) groups is 2. The van der Waals surface area contributed by atoms with E-state index in [9.17, 15) is 9.59 Å². The summed E-state index contributed by atoms with van der Waals surface area (Å²) >= 11 is 3.37. The van der Waals surface area contributed by atoms with Crippen molar-refractivity contribution >= 4 is 46.0 Å². The number of methoxy groups -OCH3 is 2. The van der Waals surface area contributed by atoms with Gasteiger partial charge in [-0.15, -0.1) is 0 Å². The summed E-state index contributed by atoms with van der Waals surface area (Å²) < 4.78 is 16.7. The zero-order chi connectivity index (χ0) is 23.4. The average molecular weight is 500 g/mol. The van der Waals surface area contributed by atoms with Gasteiger partial charge in [0.05, 0.1) is 25.5 Å². The maximum atomic E-state index is 13.3. The minimum Gasteiger partial charge on any atom is -0.493 e. The molecule has 3 aromatic rings. The van der Waals surface area contributed by atoms with E-state index < -0.39 is 11.8 Å². The van der Waals surface area contributed by atoms with Crippen LogP contribution < -0.4 is 19.8 Å². The molecule has 0 aliphatic rings. The van der Waals surface area contributed by atoms with E-state index in [2.05, 4.69) is 33.1 Å². The predicted octanol–water partition coefficient (Wildman–Crippen LogP) is 5.19. The molecule has 0 fully saturated rings. The Balaban J connectivity index is 1.95. The fraction of sp³-hybridized carbons (Fsp3) is 0.174. The molecule has 1 N–H and O–H groups in total. The highest BCUT2D eigenvalue weighted by atomic mass is 79.9. The maximum Gasteiger partial charge on any atom is 0.283 e. The highest BCUT2D eigenvalue weighted by Gasteiger charge is 2.24. The number of hydrogen-bond donors (Lipinski definition) is 1. The van der Waals surface area contributed by atoms with Gasteiger partial charge in [-0.1, -0.05) is 15.9 Å². The van der Waals surface area contributed by atoms with Crippen molar-refractivity contribution in [2.24, 2.45) is 5.10 Å². The molecule has 0 saturated carbocycles. The fourth-order valence-electron chi connectivity index (χ4n) is 2.98. The van der Waals surface area contributed by atoms with E-state index >= 15 is 0 Å². The Labute approximate surface area is 193 Å². The molecule has 0 aliphatic heterocycles. The standard InChI is InChI=1S/C23H22BrN3O5/c1-13-10-21(32-14(13)2)27(25-3)23(29)17-12-16(24)7-8-18(17)26-22(28)15-6-9-19(30-4)20(11-15)31-5/h6-12H,3H2,1-2,4-5H3,(H,26,28). The van der Waals surface area contributed by atoms with Crippen LogP contribution in [0, 0.1) is 13.8 Å². The van der Waals surface area contributed by atoms with Crippen molar-refractivity contribution in [3.63, 3.8) is 0 Å². The van der Waals surface area contributed by atoms with E-state index in [1.807, 2.05) is 6.92 Å². The summed E-state index contributed by atoms with van der Waals surface area (Å²) in [7, 11) is 3.00. The number of hydrogen-bond acceptors (Lipinski definition) is 6. The number of halogens is 1. The lowest BCUT2D eigenvalue weighted by Gasteiger charge is -2.17. The molecule has 0 saturated heterocycles. The van der Waals surface area contributed by atoms with Gasteiger partial charge in [0.25, 0.3) is 11.8 Å². The molecule has 1 heterocycles. The van der Waals surface area contributed by atoms with Gasteiger partial charge in [0.1, 0.15) is 5.76 Å². The molecule has 3 rings (SSSR count). The molecule has 8 nitrogen and oxygen atoms in total. The molecule has 1 aromatic heterocycles. The van der Waals surface area contributed by atoms with Crippen LogP contribution in [-0.2, 0) is 0 Å². The number of furan rings is 1. The number of carbonyl (C=O) groups excluding carboxylic acids is 2. The van der Waals surface area contributed by atoms with Gasteiger partial charge in [0.2, 0.25) is 5.88 Å². The van der Waals surface area contributed by atoms with Crippen LogP contribution in [0.25, 0.3) is 0 Å². The van der Waals surface area contributed by atoms with Gasteiger partial charge in [-0.05, 0) is 55.8 Å². The zero-order valence-corrected chi connectivity index (χ0v) is 19.6. The molecule has 0 unspecified atom stereocenters. The summed E-state index contributed by atoms with van der Waals surface area (Å²) in [5.74, 6) is 0.871. The van der Waals surface area contributed by atoms with Gasteiger partial charge in [0.15, 0.2) is 11.5 Å². The van der Waals surface area contributed by atoms with E-state index in [1.165, 1.54) is 14.2 Å². The third kappa shape index (κ3) is 4.67. The van der Waals surface area contributed by atoms with Crippen molar-refractivity contribution in [3.05, 3.63) is 69.4 Å². The number of amides is 2. The highest BCUT2D eigenvalue weighted by molar-refractivity contribution is 9.10. The second-order valence-electron chi connectivity index (χ2n) is 6.80. The molecule has 0 radical (unpaired) electrons. The summed E-state index contributed by atoms with van der Waals surface area (Å²) in [5, 5.41) is 7.64. The van der Waals surface area contributed by atoms with Gasteiger partial charge in [-0.25, -0.2) is 0 Å². The molecule has 0 bridgehead atoms. The van der Waals surface area contributed by atoms with Crippen molar-refractivity contribution < 1.29 is 23.5 Å². The molecule has 2 amide bonds. The first-order chi connectivity index (χ1) is 15.3. The molecule has 32 heavy (non-hydrogen) atoms. The molecule has 9 heteroatoms. The first-order valence-corrected chi connectivity index (χ1v) is 10.3. The van der Waals surface area contributed by atoms with Gasteiger partial charge < -0.3 is 19.2 Å². The van der Waals surface area contributed by atoms with E-state index in [0.717, 1.165) is 10.6 Å². The van der Waals surface area contributed by atoms with Gasteiger partial charge in [-0.3, -0.25) is 9.59 Å². The number of hydrazone groups is 1. The number of nitrogens with one attached hydrogen (secondary N) is 1. The Bertz CT molecular complexity index is 1170. The van der Waals surface area contributed by atoms with Crippen LogP contribution in [0.15, 0.2) is 56.5 Å². The first-order valence-electron chi connectivity index (χ1n) is 9.50. The number of benzene rings is 2. The minimum absolute atomic E-state index is 0.201. The maximum absolute atomic E-state index is 13.3. The Hall–Kier alpha value is -3.59. The van der Waals surface area contributed by atoms with Gasteiger partial charge in [0, 0.05) is 22.8 Å². The molecule has 166 valence electrons. The lowest BCUT2D eigenvalue weighted by Crippen LogP contribution is -2.26. The van der Waals surface area contributed by atoms with Gasteiger partial charge in [-0.2, -0.15) is 10.1 Å². The van der Waals surface area contributed by atoms with Crippen LogP contribution in [0.3, 0.4) is 0 Å². The van der Waals surface area contributed by atoms with E-state index in [1.54, 1.807) is 49.4 Å². The molecule has 0 aliphatic carbocycles.